The molecule has 0 amide bonds. The molecule has 2 unspecified atom stereocenters. The lowest BCUT2D eigenvalue weighted by molar-refractivity contribution is -0.148. The van der Waals surface area contributed by atoms with E-state index in [1.165, 1.54) is 7.11 Å². The second-order valence-electron chi connectivity index (χ2n) is 5.56. The van der Waals surface area contributed by atoms with Gasteiger partial charge in [0.2, 0.25) is 0 Å². The van der Waals surface area contributed by atoms with Crippen molar-refractivity contribution in [2.24, 2.45) is 0 Å². The van der Waals surface area contributed by atoms with E-state index in [9.17, 15) is 4.79 Å². The van der Waals surface area contributed by atoms with Gasteiger partial charge in [0, 0.05) is 13.2 Å². The Morgan fingerprint density at radius 2 is 2.25 bits per heavy atom. The van der Waals surface area contributed by atoms with E-state index in [1.807, 2.05) is 6.92 Å². The van der Waals surface area contributed by atoms with E-state index in [0.29, 0.717) is 0 Å². The lowest BCUT2D eigenvalue weighted by atomic mass is 9.94. The van der Waals surface area contributed by atoms with Crippen LogP contribution in [0.1, 0.15) is 46.0 Å². The number of methoxy groups -OCH3 is 1. The molecule has 0 saturated carbocycles. The molecule has 1 heterocycles. The highest BCUT2D eigenvalue weighted by Gasteiger charge is 2.32. The fourth-order valence-corrected chi connectivity index (χ4v) is 2.36. The van der Waals surface area contributed by atoms with Crippen LogP contribution in [0.15, 0.2) is 0 Å². The van der Waals surface area contributed by atoms with Crippen molar-refractivity contribution >= 4 is 5.97 Å². The molecule has 1 fully saturated rings. The monoisotopic (exact) mass is 287 g/mol. The van der Waals surface area contributed by atoms with E-state index < -0.39 is 5.54 Å². The highest BCUT2D eigenvalue weighted by molar-refractivity contribution is 5.80. The van der Waals surface area contributed by atoms with Crippen molar-refractivity contribution in [3.8, 4) is 0 Å². The highest BCUT2D eigenvalue weighted by atomic mass is 16.5. The van der Waals surface area contributed by atoms with Gasteiger partial charge in [-0.05, 0) is 45.6 Å². The summed E-state index contributed by atoms with van der Waals surface area (Å²) in [7, 11) is 1.44. The van der Waals surface area contributed by atoms with Gasteiger partial charge in [-0.25, -0.2) is 0 Å². The SMILES string of the molecule is CCCNC(C)(CCCCOC1CCOC1)C(=O)OC. The molecule has 0 aromatic heterocycles. The largest absolute Gasteiger partial charge is 0.468 e. The summed E-state index contributed by atoms with van der Waals surface area (Å²) in [6.45, 7) is 7.09. The van der Waals surface area contributed by atoms with Crippen LogP contribution in [0.4, 0.5) is 0 Å². The van der Waals surface area contributed by atoms with E-state index in [-0.39, 0.29) is 12.1 Å². The summed E-state index contributed by atoms with van der Waals surface area (Å²) in [5.74, 6) is -0.184. The third-order valence-electron chi connectivity index (χ3n) is 3.71. The minimum atomic E-state index is -0.582. The van der Waals surface area contributed by atoms with E-state index in [4.69, 9.17) is 14.2 Å². The predicted octanol–water partition coefficient (Wildman–Crippen LogP) is 1.89. The Morgan fingerprint density at radius 1 is 1.45 bits per heavy atom. The molecule has 1 N–H and O–H groups in total. The maximum atomic E-state index is 11.9. The number of rotatable bonds is 10. The molecule has 1 aliphatic rings. The van der Waals surface area contributed by atoms with Crippen LogP contribution in [0.3, 0.4) is 0 Å². The summed E-state index contributed by atoms with van der Waals surface area (Å²) in [5.41, 5.74) is -0.582. The molecular weight excluding hydrogens is 258 g/mol. The van der Waals surface area contributed by atoms with Crippen LogP contribution in [-0.2, 0) is 19.0 Å². The van der Waals surface area contributed by atoms with E-state index in [0.717, 1.165) is 58.5 Å². The average Bonchev–Trinajstić information content (AvgIpc) is 2.97. The Kier molecular flexibility index (Phi) is 8.11. The van der Waals surface area contributed by atoms with Crippen molar-refractivity contribution in [2.75, 3.05) is 33.5 Å². The fourth-order valence-electron chi connectivity index (χ4n) is 2.36. The van der Waals surface area contributed by atoms with Crippen LogP contribution < -0.4 is 5.32 Å². The Bertz CT molecular complexity index is 279. The molecule has 1 rings (SSSR count). The first kappa shape index (κ1) is 17.4. The number of hydrogen-bond acceptors (Lipinski definition) is 5. The van der Waals surface area contributed by atoms with Crippen LogP contribution >= 0.6 is 0 Å². The minimum Gasteiger partial charge on any atom is -0.468 e. The fraction of sp³-hybridized carbons (Fsp3) is 0.933. The second kappa shape index (κ2) is 9.32. The third-order valence-corrected chi connectivity index (χ3v) is 3.71. The number of nitrogens with one attached hydrogen (secondary N) is 1. The Balaban J connectivity index is 2.21. The summed E-state index contributed by atoms with van der Waals surface area (Å²) in [4.78, 5) is 11.9. The van der Waals surface area contributed by atoms with E-state index in [1.54, 1.807) is 0 Å². The molecule has 0 spiro atoms. The molecule has 118 valence electrons. The normalized spacial score (nSPS) is 21.6. The molecule has 0 aromatic carbocycles. The molecule has 2 atom stereocenters. The summed E-state index contributed by atoms with van der Waals surface area (Å²) < 4.78 is 15.9. The van der Waals surface area contributed by atoms with Gasteiger partial charge in [-0.2, -0.15) is 0 Å². The summed E-state index contributed by atoms with van der Waals surface area (Å²) in [6.07, 6.45) is 4.92. The minimum absolute atomic E-state index is 0.184. The molecule has 0 aliphatic carbocycles. The zero-order valence-electron chi connectivity index (χ0n) is 13.1. The molecule has 1 aliphatic heterocycles. The van der Waals surface area contributed by atoms with Crippen molar-refractivity contribution in [3.05, 3.63) is 0 Å². The van der Waals surface area contributed by atoms with Gasteiger partial charge in [-0.15, -0.1) is 0 Å². The summed E-state index contributed by atoms with van der Waals surface area (Å²) >= 11 is 0. The van der Waals surface area contributed by atoms with Crippen LogP contribution in [0.25, 0.3) is 0 Å². The Morgan fingerprint density at radius 3 is 2.85 bits per heavy atom. The van der Waals surface area contributed by atoms with Crippen LogP contribution in [0, 0.1) is 0 Å². The summed E-state index contributed by atoms with van der Waals surface area (Å²) in [6, 6.07) is 0. The average molecular weight is 287 g/mol. The maximum absolute atomic E-state index is 11.9. The van der Waals surface area contributed by atoms with Gasteiger partial charge in [0.25, 0.3) is 0 Å². The lowest BCUT2D eigenvalue weighted by Gasteiger charge is -2.28. The predicted molar refractivity (Wildman–Crippen MR) is 77.7 cm³/mol. The van der Waals surface area contributed by atoms with E-state index >= 15 is 0 Å². The molecule has 0 radical (unpaired) electrons. The Labute approximate surface area is 122 Å². The first-order valence-corrected chi connectivity index (χ1v) is 7.65. The van der Waals surface area contributed by atoms with Crippen molar-refractivity contribution in [3.63, 3.8) is 0 Å². The van der Waals surface area contributed by atoms with Crippen LogP contribution in [0.2, 0.25) is 0 Å². The molecule has 20 heavy (non-hydrogen) atoms. The molecule has 5 nitrogen and oxygen atoms in total. The van der Waals surface area contributed by atoms with Gasteiger partial charge in [-0.3, -0.25) is 4.79 Å². The van der Waals surface area contributed by atoms with Crippen LogP contribution in [0.5, 0.6) is 0 Å². The summed E-state index contributed by atoms with van der Waals surface area (Å²) in [5, 5.41) is 3.29. The second-order valence-corrected chi connectivity index (χ2v) is 5.56. The standard InChI is InChI=1S/C15H29NO4/c1-4-9-16-15(2,14(17)18-3)8-5-6-10-20-13-7-11-19-12-13/h13,16H,4-12H2,1-3H3. The Hall–Kier alpha value is -0.650. The molecule has 1 saturated heterocycles. The number of unbranched alkanes of at least 4 members (excludes halogenated alkanes) is 1. The number of ether oxygens (including phenoxy) is 3. The van der Waals surface area contributed by atoms with Gasteiger partial charge < -0.3 is 19.5 Å². The topological polar surface area (TPSA) is 56.8 Å². The maximum Gasteiger partial charge on any atom is 0.325 e. The quantitative estimate of drug-likeness (QED) is 0.491. The first-order valence-electron chi connectivity index (χ1n) is 7.65. The lowest BCUT2D eigenvalue weighted by Crippen LogP contribution is -2.50. The number of carbonyl (C=O) groups excluding carboxylic acids is 1. The van der Waals surface area contributed by atoms with Gasteiger partial charge in [0.1, 0.15) is 5.54 Å². The molecular formula is C15H29NO4. The molecule has 0 bridgehead atoms. The van der Waals surface area contributed by atoms with Gasteiger partial charge >= 0.3 is 5.97 Å². The van der Waals surface area contributed by atoms with Crippen molar-refractivity contribution in [1.82, 2.24) is 5.32 Å². The van der Waals surface area contributed by atoms with Gasteiger partial charge in [0.15, 0.2) is 0 Å². The van der Waals surface area contributed by atoms with Gasteiger partial charge in [0.05, 0.1) is 19.8 Å². The van der Waals surface area contributed by atoms with E-state index in [2.05, 4.69) is 12.2 Å². The highest BCUT2D eigenvalue weighted by Crippen LogP contribution is 2.17. The number of hydrogen-bond donors (Lipinski definition) is 1. The molecule has 5 heteroatoms. The zero-order chi connectivity index (χ0) is 14.8. The number of carbonyl (C=O) groups is 1. The third kappa shape index (κ3) is 5.77. The van der Waals surface area contributed by atoms with Crippen molar-refractivity contribution in [2.45, 2.75) is 57.6 Å². The molecule has 0 aromatic rings. The smallest absolute Gasteiger partial charge is 0.325 e. The van der Waals surface area contributed by atoms with Crippen molar-refractivity contribution < 1.29 is 19.0 Å². The zero-order valence-corrected chi connectivity index (χ0v) is 13.1. The van der Waals surface area contributed by atoms with Crippen molar-refractivity contribution in [1.29, 1.82) is 0 Å². The van der Waals surface area contributed by atoms with Crippen LogP contribution in [-0.4, -0.2) is 51.1 Å². The number of esters is 1. The van der Waals surface area contributed by atoms with Gasteiger partial charge in [-0.1, -0.05) is 6.92 Å². The first-order chi connectivity index (χ1) is 9.62.